The summed E-state index contributed by atoms with van der Waals surface area (Å²) in [6, 6.07) is 7.98. The third-order valence-corrected chi connectivity index (χ3v) is 7.27. The topological polar surface area (TPSA) is 245 Å². The Labute approximate surface area is 251 Å². The van der Waals surface area contributed by atoms with Crippen LogP contribution in [0.15, 0.2) is 42.5 Å². The molecule has 4 rings (SSSR count). The van der Waals surface area contributed by atoms with E-state index in [4.69, 9.17) is 23.7 Å². The number of aromatic hydroxyl groups is 4. The Kier molecular flexibility index (Phi) is 11.0. The normalized spacial score (nSPS) is 32.5. The van der Waals surface area contributed by atoms with E-state index in [0.717, 1.165) is 6.08 Å². The van der Waals surface area contributed by atoms with Gasteiger partial charge in [-0.25, -0.2) is 4.79 Å². The van der Waals surface area contributed by atoms with Gasteiger partial charge in [0.25, 0.3) is 0 Å². The summed E-state index contributed by atoms with van der Waals surface area (Å²) in [6.07, 6.45) is -12.6. The summed E-state index contributed by atoms with van der Waals surface area (Å²) < 4.78 is 28.2. The quantitative estimate of drug-likeness (QED) is 0.0873. The number of carbonyl (C=O) groups is 1. The van der Waals surface area contributed by atoms with Gasteiger partial charge in [0.2, 0.25) is 0 Å². The minimum absolute atomic E-state index is 0.0754. The first-order valence-electron chi connectivity index (χ1n) is 13.7. The summed E-state index contributed by atoms with van der Waals surface area (Å²) in [5.41, 5.74) is 0.914. The SMILES string of the molecule is C[C@H]1O[C@@H](O[C@H]2[C@H](O)[C@@H](OCCc3ccc(O)c(O)c3)O[C@@H](CO)[C@@H]2OC(=O)/C=C/c2ccc(O)c(O)c2)[C@H](O)[C@H](O)[C@@H]1O. The number of aliphatic hydroxyl groups excluding tert-OH is 5. The molecule has 44 heavy (non-hydrogen) atoms. The molecule has 2 saturated heterocycles. The second-order valence-corrected chi connectivity index (χ2v) is 10.4. The van der Waals surface area contributed by atoms with E-state index in [9.17, 15) is 50.8 Å². The highest BCUT2D eigenvalue weighted by Gasteiger charge is 2.52. The molecule has 15 heteroatoms. The zero-order chi connectivity index (χ0) is 32.1. The number of rotatable bonds is 10. The largest absolute Gasteiger partial charge is 0.504 e. The average molecular weight is 625 g/mol. The molecule has 0 aliphatic carbocycles. The molecular weight excluding hydrogens is 588 g/mol. The molecule has 2 aliphatic rings. The fourth-order valence-corrected chi connectivity index (χ4v) is 4.76. The average Bonchev–Trinajstić information content (AvgIpc) is 2.99. The lowest BCUT2D eigenvalue weighted by molar-refractivity contribution is -0.357. The molecule has 0 amide bonds. The number of ether oxygens (including phenoxy) is 5. The summed E-state index contributed by atoms with van der Waals surface area (Å²) in [4.78, 5) is 12.8. The highest BCUT2D eigenvalue weighted by molar-refractivity contribution is 5.87. The van der Waals surface area contributed by atoms with E-state index < -0.39 is 79.7 Å². The summed E-state index contributed by atoms with van der Waals surface area (Å²) in [6.45, 7) is 0.606. The molecule has 0 spiro atoms. The van der Waals surface area contributed by atoms with Gasteiger partial charge in [-0.15, -0.1) is 0 Å². The van der Waals surface area contributed by atoms with Gasteiger partial charge in [-0.3, -0.25) is 0 Å². The van der Waals surface area contributed by atoms with E-state index >= 15 is 0 Å². The highest BCUT2D eigenvalue weighted by atomic mass is 16.7. The minimum Gasteiger partial charge on any atom is -0.504 e. The summed E-state index contributed by atoms with van der Waals surface area (Å²) in [7, 11) is 0. The van der Waals surface area contributed by atoms with Gasteiger partial charge in [0.15, 0.2) is 41.7 Å². The molecule has 0 radical (unpaired) electrons. The maximum absolute atomic E-state index is 12.8. The van der Waals surface area contributed by atoms with Gasteiger partial charge in [-0.2, -0.15) is 0 Å². The second kappa shape index (κ2) is 14.5. The van der Waals surface area contributed by atoms with Crippen LogP contribution in [0.5, 0.6) is 23.0 Å². The Hall–Kier alpha value is -3.51. The number of phenols is 4. The van der Waals surface area contributed by atoms with Gasteiger partial charge in [0.05, 0.1) is 19.3 Å². The van der Waals surface area contributed by atoms with E-state index in [1.807, 2.05) is 0 Å². The predicted molar refractivity (Wildman–Crippen MR) is 147 cm³/mol. The van der Waals surface area contributed by atoms with Crippen LogP contribution in [-0.4, -0.2) is 127 Å². The van der Waals surface area contributed by atoms with Gasteiger partial charge in [0.1, 0.15) is 36.6 Å². The van der Waals surface area contributed by atoms with E-state index in [2.05, 4.69) is 0 Å². The Balaban J connectivity index is 1.52. The van der Waals surface area contributed by atoms with Crippen LogP contribution < -0.4 is 0 Å². The number of hydrogen-bond acceptors (Lipinski definition) is 15. The first-order valence-corrected chi connectivity index (χ1v) is 13.7. The monoisotopic (exact) mass is 624 g/mol. The van der Waals surface area contributed by atoms with Crippen molar-refractivity contribution in [1.29, 1.82) is 0 Å². The lowest BCUT2D eigenvalue weighted by Crippen LogP contribution is -2.65. The third kappa shape index (κ3) is 7.76. The van der Waals surface area contributed by atoms with Crippen LogP contribution in [0, 0.1) is 0 Å². The lowest BCUT2D eigenvalue weighted by atomic mass is 9.97. The van der Waals surface area contributed by atoms with Gasteiger partial charge in [0, 0.05) is 6.08 Å². The van der Waals surface area contributed by atoms with Crippen molar-refractivity contribution in [1.82, 2.24) is 0 Å². The summed E-state index contributed by atoms with van der Waals surface area (Å²) >= 11 is 0. The molecule has 0 unspecified atom stereocenters. The van der Waals surface area contributed by atoms with Crippen molar-refractivity contribution in [2.24, 2.45) is 0 Å². The predicted octanol–water partition coefficient (Wildman–Crippen LogP) is -1.02. The van der Waals surface area contributed by atoms with E-state index in [-0.39, 0.29) is 30.3 Å². The minimum atomic E-state index is -1.77. The molecule has 0 aromatic heterocycles. The standard InChI is InChI=1S/C29H36O15/c1-13-22(36)23(37)24(38)29(41-13)44-27-25(39)28(40-9-8-15-3-6-17(32)19(34)11-15)42-20(12-30)26(27)43-21(35)7-4-14-2-5-16(31)18(33)10-14/h2-7,10-11,13,20,22-34,36-39H,8-9,12H2,1H3/b7-4+/t13-,20+,22-,23-,24-,25+,26+,27+,28+,29+/m1/s1. The third-order valence-electron chi connectivity index (χ3n) is 7.27. The number of carbonyl (C=O) groups excluding carboxylic acids is 1. The molecule has 242 valence electrons. The van der Waals surface area contributed by atoms with Crippen LogP contribution in [0.1, 0.15) is 18.1 Å². The van der Waals surface area contributed by atoms with E-state index in [0.29, 0.717) is 11.1 Å². The smallest absolute Gasteiger partial charge is 0.331 e. The molecule has 10 atom stereocenters. The van der Waals surface area contributed by atoms with Crippen LogP contribution >= 0.6 is 0 Å². The zero-order valence-corrected chi connectivity index (χ0v) is 23.5. The van der Waals surface area contributed by atoms with Crippen molar-refractivity contribution in [2.75, 3.05) is 13.2 Å². The van der Waals surface area contributed by atoms with Gasteiger partial charge < -0.3 is 69.6 Å². The summed E-state index contributed by atoms with van der Waals surface area (Å²) in [5, 5.41) is 90.5. The van der Waals surface area contributed by atoms with Crippen molar-refractivity contribution in [3.05, 3.63) is 53.6 Å². The fourth-order valence-electron chi connectivity index (χ4n) is 4.76. The van der Waals surface area contributed by atoms with Crippen molar-refractivity contribution in [3.8, 4) is 23.0 Å². The molecule has 2 aliphatic heterocycles. The van der Waals surface area contributed by atoms with Crippen LogP contribution in [0.2, 0.25) is 0 Å². The van der Waals surface area contributed by atoms with Crippen LogP contribution in [0.4, 0.5) is 0 Å². The van der Waals surface area contributed by atoms with Crippen molar-refractivity contribution >= 4 is 12.0 Å². The van der Waals surface area contributed by atoms with Crippen molar-refractivity contribution < 1.29 is 74.4 Å². The molecule has 2 fully saturated rings. The maximum Gasteiger partial charge on any atom is 0.331 e. The number of phenolic OH excluding ortho intramolecular Hbond substituents is 4. The summed E-state index contributed by atoms with van der Waals surface area (Å²) in [5.74, 6) is -2.40. The molecule has 0 saturated carbocycles. The Morgan fingerprint density at radius 2 is 1.50 bits per heavy atom. The zero-order valence-electron chi connectivity index (χ0n) is 23.5. The Morgan fingerprint density at radius 1 is 0.818 bits per heavy atom. The molecule has 15 nitrogen and oxygen atoms in total. The molecule has 2 heterocycles. The molecule has 9 N–H and O–H groups in total. The number of aliphatic hydroxyl groups is 5. The van der Waals surface area contributed by atoms with Gasteiger partial charge in [-0.05, 0) is 54.8 Å². The Bertz CT molecular complexity index is 1300. The van der Waals surface area contributed by atoms with Crippen molar-refractivity contribution in [3.63, 3.8) is 0 Å². The van der Waals surface area contributed by atoms with Crippen LogP contribution in [0.3, 0.4) is 0 Å². The highest BCUT2D eigenvalue weighted by Crippen LogP contribution is 2.32. The molecule has 0 bridgehead atoms. The van der Waals surface area contributed by atoms with Gasteiger partial charge in [-0.1, -0.05) is 12.1 Å². The van der Waals surface area contributed by atoms with Crippen LogP contribution in [-0.2, 0) is 34.9 Å². The number of hydrogen-bond donors (Lipinski definition) is 9. The number of benzene rings is 2. The first-order chi connectivity index (χ1) is 20.9. The molecule has 2 aromatic carbocycles. The maximum atomic E-state index is 12.8. The van der Waals surface area contributed by atoms with E-state index in [1.165, 1.54) is 43.3 Å². The molecule has 2 aromatic rings. The van der Waals surface area contributed by atoms with Gasteiger partial charge >= 0.3 is 5.97 Å². The second-order valence-electron chi connectivity index (χ2n) is 10.4. The number of esters is 1. The van der Waals surface area contributed by atoms with Crippen molar-refractivity contribution in [2.45, 2.75) is 74.8 Å². The van der Waals surface area contributed by atoms with E-state index in [1.54, 1.807) is 6.07 Å². The lowest BCUT2D eigenvalue weighted by Gasteiger charge is -2.46. The van der Waals surface area contributed by atoms with Crippen LogP contribution in [0.25, 0.3) is 6.08 Å². The Morgan fingerprint density at radius 3 is 2.16 bits per heavy atom. The first kappa shape index (κ1) is 33.4. The molecular formula is C29H36O15. The fraction of sp³-hybridized carbons (Fsp3) is 0.483.